The molecule has 0 bridgehead atoms. The van der Waals surface area contributed by atoms with Crippen molar-refractivity contribution >= 4 is 5.97 Å². The summed E-state index contributed by atoms with van der Waals surface area (Å²) >= 11 is 0. The highest BCUT2D eigenvalue weighted by atomic mass is 16.4. The van der Waals surface area contributed by atoms with Crippen molar-refractivity contribution in [2.75, 3.05) is 0 Å². The highest BCUT2D eigenvalue weighted by Gasteiger charge is 2.39. The van der Waals surface area contributed by atoms with Crippen molar-refractivity contribution < 1.29 is 25.2 Å². The molecule has 164 valence electrons. The average molecular weight is 415 g/mol. The summed E-state index contributed by atoms with van der Waals surface area (Å²) in [4.78, 5) is 10.6. The summed E-state index contributed by atoms with van der Waals surface area (Å²) < 4.78 is 0. The van der Waals surface area contributed by atoms with Crippen LogP contribution >= 0.6 is 0 Å². The molecule has 0 amide bonds. The topological polar surface area (TPSA) is 98.0 Å². The van der Waals surface area contributed by atoms with Gasteiger partial charge in [0.25, 0.3) is 0 Å². The molecule has 0 aromatic heterocycles. The van der Waals surface area contributed by atoms with Gasteiger partial charge in [0.15, 0.2) is 0 Å². The molecule has 2 aliphatic rings. The Morgan fingerprint density at radius 3 is 2.67 bits per heavy atom. The molecule has 30 heavy (non-hydrogen) atoms. The second-order valence-electron chi connectivity index (χ2n) is 8.75. The molecule has 6 atom stereocenters. The van der Waals surface area contributed by atoms with E-state index in [1.165, 1.54) is 11.1 Å². The Balaban J connectivity index is 1.54. The number of aliphatic carboxylic acids is 1. The van der Waals surface area contributed by atoms with E-state index in [1.54, 1.807) is 0 Å². The van der Waals surface area contributed by atoms with E-state index >= 15 is 0 Å². The molecule has 1 aromatic carbocycles. The van der Waals surface area contributed by atoms with E-state index in [0.717, 1.165) is 19.3 Å². The summed E-state index contributed by atoms with van der Waals surface area (Å²) in [6.07, 6.45) is 11.1. The van der Waals surface area contributed by atoms with Crippen molar-refractivity contribution in [3.05, 3.63) is 59.7 Å². The molecular weight excluding hydrogens is 380 g/mol. The fraction of sp³-hybridized carbons (Fsp3) is 0.560. The SMILES string of the molecule is O=C(O)CCC/C=C\C[C@@H]1C(/C=C/[C@@H](O)[C@@H]2CCc3ccccc3C2)[C@H](O)C[C@@H]1O. The molecule has 3 rings (SSSR count). The molecule has 1 saturated carbocycles. The molecule has 4 N–H and O–H groups in total. The smallest absolute Gasteiger partial charge is 0.303 e. The molecule has 0 radical (unpaired) electrons. The van der Waals surface area contributed by atoms with E-state index in [0.29, 0.717) is 25.7 Å². The van der Waals surface area contributed by atoms with Crippen molar-refractivity contribution in [3.8, 4) is 0 Å². The van der Waals surface area contributed by atoms with Crippen LogP contribution in [0.4, 0.5) is 0 Å². The lowest BCUT2D eigenvalue weighted by Crippen LogP contribution is -2.26. The van der Waals surface area contributed by atoms with E-state index in [4.69, 9.17) is 5.11 Å². The Hall–Kier alpha value is -1.95. The summed E-state index contributed by atoms with van der Waals surface area (Å²) in [5.74, 6) is -0.893. The third kappa shape index (κ3) is 6.03. The van der Waals surface area contributed by atoms with E-state index < -0.39 is 24.3 Å². The number of aliphatic hydroxyl groups excluding tert-OH is 3. The lowest BCUT2D eigenvalue weighted by Gasteiger charge is -2.27. The quantitative estimate of drug-likeness (QED) is 0.367. The molecule has 0 spiro atoms. The van der Waals surface area contributed by atoms with Gasteiger partial charge in [-0.2, -0.15) is 0 Å². The summed E-state index contributed by atoms with van der Waals surface area (Å²) in [6, 6.07) is 8.39. The van der Waals surface area contributed by atoms with Crippen LogP contribution in [-0.4, -0.2) is 44.7 Å². The molecule has 1 fully saturated rings. The van der Waals surface area contributed by atoms with Crippen LogP contribution < -0.4 is 0 Å². The Kier molecular flexibility index (Phi) is 8.25. The minimum atomic E-state index is -0.789. The molecular formula is C25H34O5. The van der Waals surface area contributed by atoms with E-state index in [1.807, 2.05) is 30.4 Å². The van der Waals surface area contributed by atoms with E-state index in [-0.39, 0.29) is 24.2 Å². The minimum absolute atomic E-state index is 0.0914. The maximum atomic E-state index is 10.7. The minimum Gasteiger partial charge on any atom is -0.481 e. The molecule has 2 aliphatic carbocycles. The van der Waals surface area contributed by atoms with Gasteiger partial charge in [0.1, 0.15) is 0 Å². The van der Waals surface area contributed by atoms with Gasteiger partial charge >= 0.3 is 5.97 Å². The van der Waals surface area contributed by atoms with E-state index in [9.17, 15) is 20.1 Å². The molecule has 0 aliphatic heterocycles. The summed E-state index contributed by atoms with van der Waals surface area (Å²) in [5, 5.41) is 40.2. The van der Waals surface area contributed by atoms with Gasteiger partial charge in [-0.05, 0) is 61.5 Å². The zero-order valence-corrected chi connectivity index (χ0v) is 17.4. The Morgan fingerprint density at radius 1 is 1.13 bits per heavy atom. The number of carbonyl (C=O) groups is 1. The number of fused-ring (bicyclic) bond motifs is 1. The lowest BCUT2D eigenvalue weighted by atomic mass is 9.80. The fourth-order valence-electron chi connectivity index (χ4n) is 4.87. The van der Waals surface area contributed by atoms with Crippen molar-refractivity contribution in [3.63, 3.8) is 0 Å². The third-order valence-corrected chi connectivity index (χ3v) is 6.65. The number of hydrogen-bond acceptors (Lipinski definition) is 4. The van der Waals surface area contributed by atoms with Gasteiger partial charge in [-0.3, -0.25) is 4.79 Å². The molecule has 1 unspecified atom stereocenters. The standard InChI is InChI=1S/C25H34O5/c26-22(19-12-11-17-7-5-6-8-18(17)15-19)14-13-21-20(23(27)16-24(21)28)9-3-1-2-4-10-25(29)30/h1,3,5-8,13-14,19-24,26-28H,2,4,9-12,15-16H2,(H,29,30)/b3-1-,14-13+/t19-,20-,21?,22-,23+,24-/m1/s1. The van der Waals surface area contributed by atoms with Crippen LogP contribution in [0.5, 0.6) is 0 Å². The number of carboxylic acid groups (broad SMARTS) is 1. The zero-order chi connectivity index (χ0) is 21.5. The molecule has 0 heterocycles. The number of hydrogen-bond donors (Lipinski definition) is 4. The first-order valence-electron chi connectivity index (χ1n) is 11.1. The summed E-state index contributed by atoms with van der Waals surface area (Å²) in [6.45, 7) is 0. The van der Waals surface area contributed by atoms with Gasteiger partial charge in [-0.25, -0.2) is 0 Å². The largest absolute Gasteiger partial charge is 0.481 e. The van der Waals surface area contributed by atoms with Crippen LogP contribution in [0, 0.1) is 17.8 Å². The number of rotatable bonds is 9. The number of benzene rings is 1. The highest BCUT2D eigenvalue weighted by molar-refractivity contribution is 5.66. The summed E-state index contributed by atoms with van der Waals surface area (Å²) in [5.41, 5.74) is 2.68. The molecule has 5 nitrogen and oxygen atoms in total. The van der Waals surface area contributed by atoms with Crippen LogP contribution in [0.2, 0.25) is 0 Å². The first-order valence-corrected chi connectivity index (χ1v) is 11.1. The van der Waals surface area contributed by atoms with E-state index in [2.05, 4.69) is 18.2 Å². The van der Waals surface area contributed by atoms with Gasteiger partial charge < -0.3 is 20.4 Å². The maximum Gasteiger partial charge on any atom is 0.303 e. The first-order chi connectivity index (χ1) is 14.5. The number of unbranched alkanes of at least 4 members (excludes halogenated alkanes) is 1. The first kappa shape index (κ1) is 22.7. The van der Waals surface area contributed by atoms with Gasteiger partial charge in [0, 0.05) is 18.8 Å². The predicted molar refractivity (Wildman–Crippen MR) is 116 cm³/mol. The normalized spacial score (nSPS) is 30.0. The number of aryl methyl sites for hydroxylation is 1. The monoisotopic (exact) mass is 414 g/mol. The van der Waals surface area contributed by atoms with Gasteiger partial charge in [0.2, 0.25) is 0 Å². The summed E-state index contributed by atoms with van der Waals surface area (Å²) in [7, 11) is 0. The molecule has 5 heteroatoms. The van der Waals surface area contributed by atoms with Crippen LogP contribution in [0.25, 0.3) is 0 Å². The Labute approximate surface area is 178 Å². The van der Waals surface area contributed by atoms with Gasteiger partial charge in [-0.1, -0.05) is 48.6 Å². The number of allylic oxidation sites excluding steroid dienone is 2. The number of aliphatic hydroxyl groups is 3. The van der Waals surface area contributed by atoms with Crippen LogP contribution in [0.15, 0.2) is 48.6 Å². The van der Waals surface area contributed by atoms with Crippen LogP contribution in [-0.2, 0) is 17.6 Å². The molecule has 1 aromatic rings. The van der Waals surface area contributed by atoms with Gasteiger partial charge in [0.05, 0.1) is 18.3 Å². The Morgan fingerprint density at radius 2 is 1.90 bits per heavy atom. The average Bonchev–Trinajstić information content (AvgIpc) is 3.00. The lowest BCUT2D eigenvalue weighted by molar-refractivity contribution is -0.137. The highest BCUT2D eigenvalue weighted by Crippen LogP contribution is 2.37. The van der Waals surface area contributed by atoms with Crippen LogP contribution in [0.1, 0.15) is 49.7 Å². The predicted octanol–water partition coefficient (Wildman–Crippen LogP) is 3.27. The molecule has 0 saturated heterocycles. The maximum absolute atomic E-state index is 10.7. The van der Waals surface area contributed by atoms with Gasteiger partial charge in [-0.15, -0.1) is 0 Å². The van der Waals surface area contributed by atoms with Crippen molar-refractivity contribution in [2.45, 2.75) is 69.7 Å². The number of carboxylic acids is 1. The van der Waals surface area contributed by atoms with Crippen LogP contribution in [0.3, 0.4) is 0 Å². The van der Waals surface area contributed by atoms with Crippen molar-refractivity contribution in [1.29, 1.82) is 0 Å². The second kappa shape index (κ2) is 10.9. The zero-order valence-electron chi connectivity index (χ0n) is 17.4. The third-order valence-electron chi connectivity index (χ3n) is 6.65. The Bertz CT molecular complexity index is 756. The fourth-order valence-corrected chi connectivity index (χ4v) is 4.87. The second-order valence-corrected chi connectivity index (χ2v) is 8.75. The van der Waals surface area contributed by atoms with Crippen molar-refractivity contribution in [2.24, 2.45) is 17.8 Å². The van der Waals surface area contributed by atoms with Crippen molar-refractivity contribution in [1.82, 2.24) is 0 Å².